The second-order valence-corrected chi connectivity index (χ2v) is 7.29. The molecule has 1 heterocycles. The van der Waals surface area contributed by atoms with E-state index in [1.165, 1.54) is 23.9 Å². The van der Waals surface area contributed by atoms with Crippen LogP contribution in [0.1, 0.15) is 28.9 Å². The lowest BCUT2D eigenvalue weighted by molar-refractivity contribution is 0.0943. The molecular formula is C16H21N3O3S. The molecule has 7 heteroatoms. The molecule has 2 N–H and O–H groups in total. The summed E-state index contributed by atoms with van der Waals surface area (Å²) in [6.45, 7) is 2.50. The van der Waals surface area contributed by atoms with E-state index in [4.69, 9.17) is 0 Å². The van der Waals surface area contributed by atoms with Crippen LogP contribution in [0.3, 0.4) is 0 Å². The summed E-state index contributed by atoms with van der Waals surface area (Å²) in [4.78, 5) is 12.4. The average molecular weight is 335 g/mol. The van der Waals surface area contributed by atoms with Gasteiger partial charge < -0.3 is 9.88 Å². The minimum atomic E-state index is -3.56. The van der Waals surface area contributed by atoms with E-state index >= 15 is 0 Å². The smallest absolute Gasteiger partial charge is 0.267 e. The molecule has 0 fully saturated rings. The van der Waals surface area contributed by atoms with Crippen molar-refractivity contribution < 1.29 is 13.2 Å². The molecular weight excluding hydrogens is 314 g/mol. The van der Waals surface area contributed by atoms with Crippen LogP contribution in [0.4, 0.5) is 0 Å². The van der Waals surface area contributed by atoms with Crippen molar-refractivity contribution in [1.29, 1.82) is 0 Å². The van der Waals surface area contributed by atoms with Crippen LogP contribution in [0, 0.1) is 0 Å². The summed E-state index contributed by atoms with van der Waals surface area (Å²) >= 11 is 0. The highest BCUT2D eigenvalue weighted by Gasteiger charge is 2.19. The number of benzene rings is 1. The zero-order valence-electron chi connectivity index (χ0n) is 13.4. The van der Waals surface area contributed by atoms with Crippen LogP contribution in [0.5, 0.6) is 0 Å². The quantitative estimate of drug-likeness (QED) is 0.839. The molecule has 23 heavy (non-hydrogen) atoms. The molecule has 0 bridgehead atoms. The zero-order valence-corrected chi connectivity index (χ0v) is 14.2. The minimum Gasteiger partial charge on any atom is -0.350 e. The Morgan fingerprint density at radius 2 is 1.91 bits per heavy atom. The van der Waals surface area contributed by atoms with Gasteiger partial charge in [-0.25, -0.2) is 13.1 Å². The number of carbonyl (C=O) groups excluding carboxylic acids is 1. The Bertz CT molecular complexity index is 782. The number of rotatable bonds is 6. The van der Waals surface area contributed by atoms with Gasteiger partial charge in [-0.05, 0) is 24.6 Å². The molecule has 1 aromatic heterocycles. The molecule has 0 aliphatic heterocycles. The van der Waals surface area contributed by atoms with E-state index in [0.29, 0.717) is 12.2 Å². The van der Waals surface area contributed by atoms with Crippen molar-refractivity contribution in [3.05, 3.63) is 53.9 Å². The number of nitrogens with one attached hydrogen (secondary N) is 2. The van der Waals surface area contributed by atoms with Gasteiger partial charge in [-0.3, -0.25) is 4.79 Å². The van der Waals surface area contributed by atoms with Crippen LogP contribution >= 0.6 is 0 Å². The molecule has 2 rings (SSSR count). The summed E-state index contributed by atoms with van der Waals surface area (Å²) in [5.74, 6) is -0.131. The number of sulfonamides is 1. The number of aryl methyl sites for hydroxylation is 1. The van der Waals surface area contributed by atoms with Gasteiger partial charge in [-0.2, -0.15) is 0 Å². The Hall–Kier alpha value is -2.12. The van der Waals surface area contributed by atoms with Gasteiger partial charge in [0.2, 0.25) is 10.0 Å². The van der Waals surface area contributed by atoms with Gasteiger partial charge in [0.1, 0.15) is 10.6 Å². The number of hydrogen-bond acceptors (Lipinski definition) is 3. The van der Waals surface area contributed by atoms with Gasteiger partial charge >= 0.3 is 0 Å². The summed E-state index contributed by atoms with van der Waals surface area (Å²) < 4.78 is 27.3. The van der Waals surface area contributed by atoms with Crippen molar-refractivity contribution in [1.82, 2.24) is 14.6 Å². The molecule has 0 aliphatic carbocycles. The number of aromatic nitrogens is 1. The van der Waals surface area contributed by atoms with Crippen molar-refractivity contribution in [2.75, 3.05) is 13.6 Å². The maximum Gasteiger partial charge on any atom is 0.267 e. The summed E-state index contributed by atoms with van der Waals surface area (Å²) in [7, 11) is -0.578. The highest BCUT2D eigenvalue weighted by molar-refractivity contribution is 7.89. The lowest BCUT2D eigenvalue weighted by Gasteiger charge is -2.13. The van der Waals surface area contributed by atoms with Crippen molar-refractivity contribution in [3.8, 4) is 0 Å². The molecule has 2 aromatic rings. The van der Waals surface area contributed by atoms with Crippen molar-refractivity contribution in [3.63, 3.8) is 0 Å². The fourth-order valence-corrected chi connectivity index (χ4v) is 3.06. The Kier molecular flexibility index (Phi) is 5.23. The SMILES string of the molecule is CNS(=O)(=O)c1cc(C(=O)NCC(C)c2ccccc2)n(C)c1. The van der Waals surface area contributed by atoms with Gasteiger partial charge in [-0.1, -0.05) is 37.3 Å². The second kappa shape index (κ2) is 6.97. The molecule has 0 radical (unpaired) electrons. The molecule has 124 valence electrons. The summed E-state index contributed by atoms with van der Waals surface area (Å²) in [6.07, 6.45) is 1.42. The molecule has 1 aromatic carbocycles. The fourth-order valence-electron chi connectivity index (χ4n) is 2.26. The first kappa shape index (κ1) is 17.2. The first-order chi connectivity index (χ1) is 10.8. The third-order valence-electron chi connectivity index (χ3n) is 3.73. The van der Waals surface area contributed by atoms with Crippen LogP contribution < -0.4 is 10.0 Å². The Labute approximate surface area is 136 Å². The van der Waals surface area contributed by atoms with Crippen LogP contribution in [0.25, 0.3) is 0 Å². The normalized spacial score (nSPS) is 12.8. The minimum absolute atomic E-state index is 0.0729. The highest BCUT2D eigenvalue weighted by Crippen LogP contribution is 2.15. The van der Waals surface area contributed by atoms with Crippen molar-refractivity contribution >= 4 is 15.9 Å². The first-order valence-electron chi connectivity index (χ1n) is 7.28. The van der Waals surface area contributed by atoms with E-state index in [2.05, 4.69) is 10.0 Å². The average Bonchev–Trinajstić information content (AvgIpc) is 2.96. The summed E-state index contributed by atoms with van der Waals surface area (Å²) in [6, 6.07) is 11.3. The Morgan fingerprint density at radius 1 is 1.26 bits per heavy atom. The van der Waals surface area contributed by atoms with E-state index < -0.39 is 10.0 Å². The van der Waals surface area contributed by atoms with Crippen LogP contribution in [0.15, 0.2) is 47.5 Å². The van der Waals surface area contributed by atoms with E-state index in [-0.39, 0.29) is 16.7 Å². The zero-order chi connectivity index (χ0) is 17.0. The highest BCUT2D eigenvalue weighted by atomic mass is 32.2. The van der Waals surface area contributed by atoms with Crippen molar-refractivity contribution in [2.24, 2.45) is 7.05 Å². The Morgan fingerprint density at radius 3 is 2.52 bits per heavy atom. The molecule has 0 aliphatic rings. The van der Waals surface area contributed by atoms with E-state index in [1.807, 2.05) is 37.3 Å². The topological polar surface area (TPSA) is 80.2 Å². The molecule has 0 saturated carbocycles. The van der Waals surface area contributed by atoms with Crippen molar-refractivity contribution in [2.45, 2.75) is 17.7 Å². The second-order valence-electron chi connectivity index (χ2n) is 5.40. The number of carbonyl (C=O) groups is 1. The van der Waals surface area contributed by atoms with E-state index in [9.17, 15) is 13.2 Å². The molecule has 6 nitrogen and oxygen atoms in total. The van der Waals surface area contributed by atoms with E-state index in [0.717, 1.165) is 5.56 Å². The van der Waals surface area contributed by atoms with Gasteiger partial charge in [0.25, 0.3) is 5.91 Å². The van der Waals surface area contributed by atoms with Crippen LogP contribution in [-0.2, 0) is 17.1 Å². The van der Waals surface area contributed by atoms with Gasteiger partial charge in [0, 0.05) is 19.8 Å². The maximum absolute atomic E-state index is 12.3. The lowest BCUT2D eigenvalue weighted by Crippen LogP contribution is -2.28. The van der Waals surface area contributed by atoms with E-state index in [1.54, 1.807) is 7.05 Å². The molecule has 1 amide bonds. The summed E-state index contributed by atoms with van der Waals surface area (Å²) in [5, 5.41) is 2.85. The number of nitrogens with zero attached hydrogens (tertiary/aromatic N) is 1. The number of amides is 1. The predicted octanol–water partition coefficient (Wildman–Crippen LogP) is 1.47. The fraction of sp³-hybridized carbons (Fsp3) is 0.312. The van der Waals surface area contributed by atoms with Gasteiger partial charge in [0.15, 0.2) is 0 Å². The summed E-state index contributed by atoms with van der Waals surface area (Å²) in [5.41, 5.74) is 1.44. The first-order valence-corrected chi connectivity index (χ1v) is 8.76. The molecule has 1 unspecified atom stereocenters. The third kappa shape index (κ3) is 4.00. The monoisotopic (exact) mass is 335 g/mol. The van der Waals surface area contributed by atoms with Crippen LogP contribution in [0.2, 0.25) is 0 Å². The maximum atomic E-state index is 12.3. The van der Waals surface area contributed by atoms with Crippen LogP contribution in [-0.4, -0.2) is 32.5 Å². The Balaban J connectivity index is 2.07. The predicted molar refractivity (Wildman–Crippen MR) is 88.8 cm³/mol. The van der Waals surface area contributed by atoms with Gasteiger partial charge in [0.05, 0.1) is 0 Å². The largest absolute Gasteiger partial charge is 0.350 e. The standard InChI is InChI=1S/C16H21N3O3S/c1-12(13-7-5-4-6-8-13)10-18-16(20)15-9-14(11-19(15)3)23(21,22)17-2/h4-9,11-12,17H,10H2,1-3H3,(H,18,20). The third-order valence-corrected chi connectivity index (χ3v) is 5.11. The van der Waals surface area contributed by atoms with Gasteiger partial charge in [-0.15, -0.1) is 0 Å². The molecule has 0 spiro atoms. The molecule has 0 saturated heterocycles. The molecule has 1 atom stereocenters. The lowest BCUT2D eigenvalue weighted by atomic mass is 10.0. The number of hydrogen-bond donors (Lipinski definition) is 2.